The zero-order valence-electron chi connectivity index (χ0n) is 16.3. The molecule has 0 unspecified atom stereocenters. The minimum Gasteiger partial charge on any atom is -0.322 e. The highest BCUT2D eigenvalue weighted by atomic mass is 32.2. The Morgan fingerprint density at radius 3 is 1.94 bits per heavy atom. The Morgan fingerprint density at radius 2 is 1.41 bits per heavy atom. The molecule has 0 fully saturated rings. The second-order valence-corrected chi connectivity index (χ2v) is 8.31. The molecule has 12 heteroatoms. The third kappa shape index (κ3) is 5.50. The first kappa shape index (κ1) is 22.5. The number of nitro groups is 2. The summed E-state index contributed by atoms with van der Waals surface area (Å²) in [5.74, 6) is -0.824. The van der Waals surface area contributed by atoms with Crippen molar-refractivity contribution in [3.05, 3.63) is 104 Å². The van der Waals surface area contributed by atoms with E-state index < -0.39 is 37.2 Å². The topological polar surface area (TPSA) is 162 Å². The number of anilines is 1. The molecule has 11 nitrogen and oxygen atoms in total. The molecular formula is C20H16N4O7S. The van der Waals surface area contributed by atoms with Gasteiger partial charge in [-0.25, -0.2) is 13.1 Å². The smallest absolute Gasteiger partial charge is 0.277 e. The molecule has 3 aromatic carbocycles. The van der Waals surface area contributed by atoms with Crippen LogP contribution in [0.3, 0.4) is 0 Å². The molecule has 0 radical (unpaired) electrons. The summed E-state index contributed by atoms with van der Waals surface area (Å²) >= 11 is 0. The van der Waals surface area contributed by atoms with Crippen molar-refractivity contribution in [2.24, 2.45) is 0 Å². The highest BCUT2D eigenvalue weighted by Gasteiger charge is 2.20. The van der Waals surface area contributed by atoms with Crippen LogP contribution in [0, 0.1) is 20.2 Å². The number of amides is 1. The fraction of sp³-hybridized carbons (Fsp3) is 0.0500. The van der Waals surface area contributed by atoms with Gasteiger partial charge in [-0.2, -0.15) is 0 Å². The van der Waals surface area contributed by atoms with Gasteiger partial charge in [0.25, 0.3) is 17.3 Å². The number of hydrogen-bond acceptors (Lipinski definition) is 7. The van der Waals surface area contributed by atoms with Crippen LogP contribution in [0.15, 0.2) is 77.7 Å². The van der Waals surface area contributed by atoms with Gasteiger partial charge in [0.1, 0.15) is 0 Å². The van der Waals surface area contributed by atoms with E-state index in [1.807, 2.05) is 6.07 Å². The molecular weight excluding hydrogens is 440 g/mol. The molecule has 0 atom stereocenters. The third-order valence-corrected chi connectivity index (χ3v) is 5.74. The van der Waals surface area contributed by atoms with Crippen molar-refractivity contribution in [1.82, 2.24) is 4.72 Å². The molecule has 0 bridgehead atoms. The van der Waals surface area contributed by atoms with Gasteiger partial charge in [0.05, 0.1) is 26.4 Å². The summed E-state index contributed by atoms with van der Waals surface area (Å²) in [4.78, 5) is 32.7. The summed E-state index contributed by atoms with van der Waals surface area (Å²) in [5.41, 5.74) is -0.505. The van der Waals surface area contributed by atoms with E-state index >= 15 is 0 Å². The first-order valence-electron chi connectivity index (χ1n) is 9.04. The van der Waals surface area contributed by atoms with E-state index in [2.05, 4.69) is 10.0 Å². The van der Waals surface area contributed by atoms with E-state index in [0.29, 0.717) is 0 Å². The summed E-state index contributed by atoms with van der Waals surface area (Å²) in [6.07, 6.45) is 0. The Kier molecular flexibility index (Phi) is 6.56. The lowest BCUT2D eigenvalue weighted by Gasteiger charge is -2.09. The maximum Gasteiger partial charge on any atom is 0.277 e. The highest BCUT2D eigenvalue weighted by molar-refractivity contribution is 7.89. The maximum atomic E-state index is 12.4. The van der Waals surface area contributed by atoms with Crippen LogP contribution in [0.5, 0.6) is 0 Å². The predicted molar refractivity (Wildman–Crippen MR) is 115 cm³/mol. The Hall–Kier alpha value is -4.16. The Morgan fingerprint density at radius 1 is 0.844 bits per heavy atom. The van der Waals surface area contributed by atoms with Gasteiger partial charge < -0.3 is 5.32 Å². The van der Waals surface area contributed by atoms with Gasteiger partial charge in [-0.1, -0.05) is 30.3 Å². The van der Waals surface area contributed by atoms with Crippen molar-refractivity contribution in [2.75, 3.05) is 5.32 Å². The molecule has 0 heterocycles. The molecule has 2 N–H and O–H groups in total. The Balaban J connectivity index is 1.73. The SMILES string of the molecule is O=C(Nc1ccc(S(=O)(=O)NCc2ccccc2)cc1)c1cc([N+](=O)[O-])cc([N+](=O)[O-])c1. The molecule has 0 aliphatic rings. The molecule has 0 saturated heterocycles. The fourth-order valence-electron chi connectivity index (χ4n) is 2.72. The van der Waals surface area contributed by atoms with Crippen molar-refractivity contribution in [3.63, 3.8) is 0 Å². The summed E-state index contributed by atoms with van der Waals surface area (Å²) in [6.45, 7) is 0.104. The van der Waals surface area contributed by atoms with Gasteiger partial charge in [0.15, 0.2) is 0 Å². The largest absolute Gasteiger partial charge is 0.322 e. The van der Waals surface area contributed by atoms with E-state index in [1.165, 1.54) is 24.3 Å². The number of carbonyl (C=O) groups excluding carboxylic acids is 1. The normalized spacial score (nSPS) is 11.0. The summed E-state index contributed by atoms with van der Waals surface area (Å²) in [5, 5.41) is 24.4. The van der Waals surface area contributed by atoms with Crippen molar-refractivity contribution in [1.29, 1.82) is 0 Å². The number of nitrogens with one attached hydrogen (secondary N) is 2. The van der Waals surface area contributed by atoms with Crippen molar-refractivity contribution < 1.29 is 23.1 Å². The number of nitro benzene ring substituents is 2. The van der Waals surface area contributed by atoms with Gasteiger partial charge >= 0.3 is 0 Å². The zero-order valence-corrected chi connectivity index (χ0v) is 17.1. The highest BCUT2D eigenvalue weighted by Crippen LogP contribution is 2.24. The molecule has 3 aromatic rings. The average molecular weight is 456 g/mol. The van der Waals surface area contributed by atoms with Crippen LogP contribution >= 0.6 is 0 Å². The first-order valence-corrected chi connectivity index (χ1v) is 10.5. The molecule has 0 saturated carbocycles. The lowest BCUT2D eigenvalue weighted by molar-refractivity contribution is -0.394. The summed E-state index contributed by atoms with van der Waals surface area (Å²) in [7, 11) is -3.80. The lowest BCUT2D eigenvalue weighted by atomic mass is 10.1. The maximum absolute atomic E-state index is 12.4. The second-order valence-electron chi connectivity index (χ2n) is 6.54. The van der Waals surface area contributed by atoms with E-state index in [4.69, 9.17) is 0 Å². The molecule has 1 amide bonds. The lowest BCUT2D eigenvalue weighted by Crippen LogP contribution is -2.23. The summed E-state index contributed by atoms with van der Waals surface area (Å²) in [6, 6.07) is 16.7. The molecule has 3 rings (SSSR count). The van der Waals surface area contributed by atoms with Crippen LogP contribution in [-0.2, 0) is 16.6 Å². The Bertz CT molecular complexity index is 1240. The minimum atomic E-state index is -3.80. The third-order valence-electron chi connectivity index (χ3n) is 4.32. The second kappa shape index (κ2) is 9.32. The standard InChI is InChI=1S/C20H16N4O7S/c25-20(15-10-17(23(26)27)12-18(11-15)24(28)29)22-16-6-8-19(9-7-16)32(30,31)21-13-14-4-2-1-3-5-14/h1-12,21H,13H2,(H,22,25). The van der Waals surface area contributed by atoms with Crippen LogP contribution in [0.4, 0.5) is 17.1 Å². The molecule has 0 spiro atoms. The van der Waals surface area contributed by atoms with Gasteiger partial charge in [-0.15, -0.1) is 0 Å². The Labute approximate surface area is 182 Å². The van der Waals surface area contributed by atoms with Gasteiger partial charge in [-0.3, -0.25) is 25.0 Å². The number of carbonyl (C=O) groups is 1. The van der Waals surface area contributed by atoms with E-state index in [-0.39, 0.29) is 22.7 Å². The van der Waals surface area contributed by atoms with E-state index in [9.17, 15) is 33.4 Å². The van der Waals surface area contributed by atoms with Gasteiger partial charge in [-0.05, 0) is 29.8 Å². The van der Waals surface area contributed by atoms with Crippen LogP contribution < -0.4 is 10.0 Å². The minimum absolute atomic E-state index is 0.0302. The van der Waals surface area contributed by atoms with Gasteiger partial charge in [0.2, 0.25) is 10.0 Å². The van der Waals surface area contributed by atoms with Crippen molar-refractivity contribution >= 4 is 33.0 Å². The average Bonchev–Trinajstić information content (AvgIpc) is 2.78. The van der Waals surface area contributed by atoms with Crippen molar-refractivity contribution in [2.45, 2.75) is 11.4 Å². The predicted octanol–water partition coefficient (Wildman–Crippen LogP) is 3.23. The quantitative estimate of drug-likeness (QED) is 0.388. The van der Waals surface area contributed by atoms with Crippen LogP contribution in [0.25, 0.3) is 0 Å². The van der Waals surface area contributed by atoms with Crippen molar-refractivity contribution in [3.8, 4) is 0 Å². The number of nitrogens with zero attached hydrogens (tertiary/aromatic N) is 2. The number of hydrogen-bond donors (Lipinski definition) is 2. The fourth-order valence-corrected chi connectivity index (χ4v) is 3.73. The number of rotatable bonds is 8. The molecule has 32 heavy (non-hydrogen) atoms. The van der Waals surface area contributed by atoms with Gasteiger partial charge in [0, 0.05) is 24.4 Å². The number of benzene rings is 3. The first-order chi connectivity index (χ1) is 15.2. The molecule has 0 aliphatic carbocycles. The monoisotopic (exact) mass is 456 g/mol. The zero-order chi connectivity index (χ0) is 23.3. The van der Waals surface area contributed by atoms with E-state index in [0.717, 1.165) is 23.8 Å². The van der Waals surface area contributed by atoms with Crippen LogP contribution in [0.1, 0.15) is 15.9 Å². The molecule has 0 aliphatic heterocycles. The number of sulfonamides is 1. The van der Waals surface area contributed by atoms with Crippen LogP contribution in [0.2, 0.25) is 0 Å². The number of non-ortho nitro benzene ring substituents is 2. The van der Waals surface area contributed by atoms with E-state index in [1.54, 1.807) is 24.3 Å². The molecule has 164 valence electrons. The summed E-state index contributed by atoms with van der Waals surface area (Å²) < 4.78 is 27.3. The van der Waals surface area contributed by atoms with Crippen LogP contribution in [-0.4, -0.2) is 24.2 Å². The molecule has 0 aromatic heterocycles.